The van der Waals surface area contributed by atoms with Gasteiger partial charge in [-0.1, -0.05) is 50.8 Å². The summed E-state index contributed by atoms with van der Waals surface area (Å²) in [5.41, 5.74) is -2.84. The van der Waals surface area contributed by atoms with Gasteiger partial charge in [0.2, 0.25) is 5.69 Å². The molecule has 36 heavy (non-hydrogen) atoms. The first-order valence-corrected chi connectivity index (χ1v) is 16.8. The average molecular weight is 575 g/mol. The van der Waals surface area contributed by atoms with E-state index in [0.29, 0.717) is 23.9 Å². The summed E-state index contributed by atoms with van der Waals surface area (Å²) < 4.78 is 22.9. The van der Waals surface area contributed by atoms with E-state index in [2.05, 4.69) is 12.2 Å². The van der Waals surface area contributed by atoms with Gasteiger partial charge in [0.15, 0.2) is 6.10 Å². The number of hydrogen-bond acceptors (Lipinski definition) is 9. The molecule has 0 amide bonds. The van der Waals surface area contributed by atoms with Crippen LogP contribution in [0.25, 0.3) is 0 Å². The molecule has 0 rings (SSSR count). The quantitative estimate of drug-likeness (QED) is 0.0518. The van der Waals surface area contributed by atoms with Gasteiger partial charge in [-0.2, -0.15) is 0 Å². The normalized spacial score (nSPS) is 14.3. The van der Waals surface area contributed by atoms with Gasteiger partial charge in [-0.25, -0.2) is 0 Å². The van der Waals surface area contributed by atoms with Crippen LogP contribution in [0.15, 0.2) is 0 Å². The molecule has 1 unspecified atom stereocenters. The van der Waals surface area contributed by atoms with Crippen LogP contribution in [0.3, 0.4) is 0 Å². The number of quaternary nitrogens is 1. The van der Waals surface area contributed by atoms with E-state index in [1.165, 1.54) is 0 Å². The smallest absolute Gasteiger partial charge is 0.306 e. The largest absolute Gasteiger partial charge is 0.462 e. The second-order valence-electron chi connectivity index (χ2n) is 9.89. The molecule has 0 aliphatic heterocycles. The maximum atomic E-state index is 12.3. The zero-order valence-corrected chi connectivity index (χ0v) is 25.0. The number of ether oxygens (including phenoxy) is 2. The monoisotopic (exact) mass is 574 g/mol. The maximum absolute atomic E-state index is 12.3. The first-order valence-electron chi connectivity index (χ1n) is 13.0. The Morgan fingerprint density at radius 3 is 1.83 bits per heavy atom. The van der Waals surface area contributed by atoms with E-state index in [0.717, 1.165) is 57.9 Å². The predicted octanol–water partition coefficient (Wildman–Crippen LogP) is 4.00. The fourth-order valence-corrected chi connectivity index (χ4v) is 4.68. The fraction of sp³-hybridized carbons (Fsp3) is 0.917. The Labute approximate surface area is 228 Å². The number of carbonyl (C=O) groups is 2. The van der Waals surface area contributed by atoms with Gasteiger partial charge >= 0.3 is 11.9 Å². The number of unbranched alkanes of at least 4 members (excludes halogenated alkanes) is 8. The van der Waals surface area contributed by atoms with Crippen LogP contribution in [-0.4, -0.2) is 93.5 Å². The summed E-state index contributed by atoms with van der Waals surface area (Å²) >= 11 is 9.72. The van der Waals surface area contributed by atoms with Crippen LogP contribution in [0.4, 0.5) is 0 Å². The summed E-state index contributed by atoms with van der Waals surface area (Å²) in [6.07, 6.45) is 8.23. The number of nitrogens with zero attached hydrogens (tertiary/aromatic N) is 1. The van der Waals surface area contributed by atoms with Crippen LogP contribution in [0.5, 0.6) is 0 Å². The van der Waals surface area contributed by atoms with Crippen molar-refractivity contribution in [2.24, 2.45) is 0 Å². The molecule has 0 aromatic carbocycles. The van der Waals surface area contributed by atoms with Crippen molar-refractivity contribution in [2.75, 3.05) is 60.7 Å². The van der Waals surface area contributed by atoms with E-state index >= 15 is 0 Å². The van der Waals surface area contributed by atoms with Gasteiger partial charge in [0.25, 0.3) is 0 Å². The van der Waals surface area contributed by atoms with Crippen LogP contribution in [0.1, 0.15) is 77.0 Å². The van der Waals surface area contributed by atoms with Crippen molar-refractivity contribution in [3.05, 3.63) is 0 Å². The van der Waals surface area contributed by atoms with Crippen molar-refractivity contribution < 1.29 is 42.8 Å². The molecule has 0 saturated carbocycles. The van der Waals surface area contributed by atoms with Crippen molar-refractivity contribution in [2.45, 2.75) is 83.2 Å². The molecule has 0 aromatic rings. The Morgan fingerprint density at radius 2 is 1.31 bits per heavy atom. The number of aliphatic hydroxyl groups excluding tert-OH is 2. The number of rotatable bonds is 24. The molecule has 0 fully saturated rings. The van der Waals surface area contributed by atoms with Gasteiger partial charge in [0.1, 0.15) is 19.8 Å². The van der Waals surface area contributed by atoms with Crippen LogP contribution in [0.2, 0.25) is 0 Å². The van der Waals surface area contributed by atoms with Gasteiger partial charge in [-0.05, 0) is 37.5 Å². The van der Waals surface area contributed by atoms with Crippen LogP contribution in [-0.2, 0) is 39.9 Å². The third-order valence-electron chi connectivity index (χ3n) is 5.25. The highest BCUT2D eigenvalue weighted by Gasteiger charge is 2.22. The Balaban J connectivity index is 4.60. The minimum atomic E-state index is -2.84. The molecule has 2 atom stereocenters. The van der Waals surface area contributed by atoms with Gasteiger partial charge in [-0.3, -0.25) is 9.59 Å². The third-order valence-corrected chi connectivity index (χ3v) is 7.56. The second-order valence-corrected chi connectivity index (χ2v) is 15.2. The number of esters is 2. The summed E-state index contributed by atoms with van der Waals surface area (Å²) in [5.74, 6) is -0.740. The van der Waals surface area contributed by atoms with Crippen molar-refractivity contribution in [3.63, 3.8) is 0 Å². The fourth-order valence-electron chi connectivity index (χ4n) is 3.09. The van der Waals surface area contributed by atoms with E-state index in [1.807, 2.05) is 21.1 Å². The molecule has 0 saturated heterocycles. The summed E-state index contributed by atoms with van der Waals surface area (Å²) in [6, 6.07) is 0. The number of aliphatic hydroxyl groups is 2. The number of thiol groups is 1. The molecule has 0 bridgehead atoms. The topological polar surface area (TPSA) is 112 Å². The molecule has 12 heteroatoms. The highest BCUT2D eigenvalue weighted by atomic mass is 32.9. The summed E-state index contributed by atoms with van der Waals surface area (Å²) in [4.78, 5) is 24.5. The number of likely N-dealkylation sites (N-methyl/N-ethyl adjacent to an activating group) is 1. The summed E-state index contributed by atoms with van der Waals surface area (Å²) in [6.45, 7) is 1.31. The minimum Gasteiger partial charge on any atom is -0.462 e. The van der Waals surface area contributed by atoms with E-state index in [9.17, 15) is 9.59 Å². The third kappa shape index (κ3) is 24.1. The predicted molar refractivity (Wildman–Crippen MR) is 148 cm³/mol. The van der Waals surface area contributed by atoms with Crippen LogP contribution >= 0.6 is 17.9 Å². The molecular formula is C24H49NO8PS2+. The van der Waals surface area contributed by atoms with Gasteiger partial charge in [0, 0.05) is 26.1 Å². The second kappa shape index (κ2) is 21.6. The van der Waals surface area contributed by atoms with Crippen LogP contribution in [0, 0.1) is 0 Å². The Hall–Kier alpha value is -0.260. The van der Waals surface area contributed by atoms with E-state index < -0.39 is 11.8 Å². The molecule has 214 valence electrons. The lowest BCUT2D eigenvalue weighted by Crippen LogP contribution is -2.37. The Bertz CT molecular complexity index is 634. The molecule has 0 heterocycles. The average Bonchev–Trinajstić information content (AvgIpc) is 2.79. The molecular weight excluding hydrogens is 525 g/mol. The number of carbonyl (C=O) groups excluding carboxylic acids is 2. The Kier molecular flexibility index (Phi) is 21.5. The lowest BCUT2D eigenvalue weighted by atomic mass is 10.1. The van der Waals surface area contributed by atoms with Crippen molar-refractivity contribution in [1.82, 2.24) is 0 Å². The highest BCUT2D eigenvalue weighted by Crippen LogP contribution is 2.53. The molecule has 0 aromatic heterocycles. The van der Waals surface area contributed by atoms with Gasteiger partial charge in [0.05, 0.1) is 27.7 Å². The first-order chi connectivity index (χ1) is 17.0. The van der Waals surface area contributed by atoms with E-state index in [4.69, 9.17) is 40.5 Å². The standard InChI is InChI=1S/C24H48NO8PS2/c1-25(2,3)16-19-31-34(35,36)32-21-22(33-24(29)15-11-7-5-9-13-18-27)20-30-23(28)14-10-6-4-8-12-17-26/h22,26-27H,4-21H2,1-3H3/p+1/t22-/m1/s1. The zero-order chi connectivity index (χ0) is 27.3. The SMILES string of the molecule is C[N+](C)(C)CCOP(=S)(S)OC[C@@H](COC(=O)CCCCCCCO)OC(=O)CCCCCCCO. The van der Waals surface area contributed by atoms with E-state index in [-0.39, 0.29) is 51.2 Å². The maximum Gasteiger partial charge on any atom is 0.306 e. The van der Waals surface area contributed by atoms with Gasteiger partial charge < -0.3 is 33.2 Å². The molecule has 0 aliphatic carbocycles. The molecule has 9 nitrogen and oxygen atoms in total. The highest BCUT2D eigenvalue weighted by molar-refractivity contribution is 8.60. The van der Waals surface area contributed by atoms with E-state index in [1.54, 1.807) is 0 Å². The van der Waals surface area contributed by atoms with Gasteiger partial charge in [-0.15, -0.1) is 0 Å². The molecule has 0 spiro atoms. The van der Waals surface area contributed by atoms with Crippen LogP contribution < -0.4 is 0 Å². The summed E-state index contributed by atoms with van der Waals surface area (Å²) in [7, 11) is 6.12. The molecule has 0 radical (unpaired) electrons. The first kappa shape index (κ1) is 35.7. The zero-order valence-electron chi connectivity index (χ0n) is 22.4. The summed E-state index contributed by atoms with van der Waals surface area (Å²) in [5, 5.41) is 17.6. The Morgan fingerprint density at radius 1 is 0.806 bits per heavy atom. The van der Waals surface area contributed by atoms with Crippen molar-refractivity contribution >= 4 is 41.7 Å². The minimum absolute atomic E-state index is 0.0676. The molecule has 0 aliphatic rings. The van der Waals surface area contributed by atoms with Crippen molar-refractivity contribution in [3.8, 4) is 0 Å². The lowest BCUT2D eigenvalue weighted by molar-refractivity contribution is -0.870. The van der Waals surface area contributed by atoms with Crippen molar-refractivity contribution in [1.29, 1.82) is 0 Å². The molecule has 2 N–H and O–H groups in total. The number of hydrogen-bond donors (Lipinski definition) is 3. The lowest BCUT2D eigenvalue weighted by Gasteiger charge is -2.26.